The van der Waals surface area contributed by atoms with Crippen LogP contribution in [0.1, 0.15) is 23.6 Å². The number of aliphatic hydroxyl groups excluding tert-OH is 1. The molecule has 1 aliphatic heterocycles. The van der Waals surface area contributed by atoms with Crippen LogP contribution in [0.4, 0.5) is 0 Å². The normalized spacial score (nSPS) is 17.9. The Kier molecular flexibility index (Phi) is 6.98. The van der Waals surface area contributed by atoms with E-state index in [1.165, 1.54) is 4.90 Å². The number of rotatable bonds is 9. The van der Waals surface area contributed by atoms with E-state index in [9.17, 15) is 14.7 Å². The molecule has 0 spiro atoms. The molecule has 0 bridgehead atoms. The van der Waals surface area contributed by atoms with Crippen molar-refractivity contribution in [2.24, 2.45) is 0 Å². The second-order valence-electron chi connectivity index (χ2n) is 6.75. The van der Waals surface area contributed by atoms with Crippen molar-refractivity contribution in [3.05, 3.63) is 78.1 Å². The number of benzene rings is 1. The summed E-state index contributed by atoms with van der Waals surface area (Å²) in [6.07, 6.45) is 5.41. The van der Waals surface area contributed by atoms with Gasteiger partial charge in [0.05, 0.1) is 11.6 Å². The number of aromatic nitrogens is 1. The third-order valence-corrected chi connectivity index (χ3v) is 4.78. The lowest BCUT2D eigenvalue weighted by molar-refractivity contribution is -0.140. The van der Waals surface area contributed by atoms with Crippen molar-refractivity contribution in [2.75, 3.05) is 26.9 Å². The van der Waals surface area contributed by atoms with Gasteiger partial charge in [-0.25, -0.2) is 0 Å². The van der Waals surface area contributed by atoms with Gasteiger partial charge in [-0.3, -0.25) is 14.6 Å². The second-order valence-corrected chi connectivity index (χ2v) is 6.75. The number of ether oxygens (including phenoxy) is 2. The van der Waals surface area contributed by atoms with Crippen LogP contribution in [0.25, 0.3) is 5.76 Å². The minimum atomic E-state index is -0.717. The number of carbonyl (C=O) groups excluding carboxylic acids is 2. The zero-order chi connectivity index (χ0) is 21.5. The van der Waals surface area contributed by atoms with E-state index >= 15 is 0 Å². The monoisotopic (exact) mass is 408 g/mol. The van der Waals surface area contributed by atoms with Crippen LogP contribution < -0.4 is 4.74 Å². The minimum absolute atomic E-state index is 0.0465. The summed E-state index contributed by atoms with van der Waals surface area (Å²) in [7, 11) is 1.58. The Hall–Kier alpha value is -3.45. The number of likely N-dealkylation sites (tertiary alicyclic amines) is 1. The first-order valence-electron chi connectivity index (χ1n) is 9.60. The fourth-order valence-corrected chi connectivity index (χ4v) is 3.39. The van der Waals surface area contributed by atoms with Crippen LogP contribution in [0.3, 0.4) is 0 Å². The molecule has 1 atom stereocenters. The Morgan fingerprint density at radius 1 is 1.27 bits per heavy atom. The Morgan fingerprint density at radius 3 is 2.67 bits per heavy atom. The Morgan fingerprint density at radius 2 is 2.03 bits per heavy atom. The number of carbonyl (C=O) groups is 2. The van der Waals surface area contributed by atoms with Crippen molar-refractivity contribution in [3.63, 3.8) is 0 Å². The first kappa shape index (κ1) is 21.3. The zero-order valence-corrected chi connectivity index (χ0v) is 16.8. The highest BCUT2D eigenvalue weighted by Crippen LogP contribution is 2.39. The van der Waals surface area contributed by atoms with Gasteiger partial charge >= 0.3 is 0 Å². The highest BCUT2D eigenvalue weighted by Gasteiger charge is 2.45. The van der Waals surface area contributed by atoms with Crippen molar-refractivity contribution in [1.82, 2.24) is 9.88 Å². The molecule has 1 aromatic heterocycles. The van der Waals surface area contributed by atoms with Gasteiger partial charge in [-0.2, -0.15) is 0 Å². The topological polar surface area (TPSA) is 89.0 Å². The van der Waals surface area contributed by atoms with Gasteiger partial charge in [-0.05, 0) is 42.3 Å². The predicted octanol–water partition coefficient (Wildman–Crippen LogP) is 3.10. The average molecular weight is 408 g/mol. The molecule has 7 nitrogen and oxygen atoms in total. The van der Waals surface area contributed by atoms with Crippen LogP contribution in [-0.2, 0) is 14.3 Å². The molecule has 1 amide bonds. The Labute approximate surface area is 175 Å². The maximum atomic E-state index is 12.9. The number of amides is 1. The Balaban J connectivity index is 2.01. The van der Waals surface area contributed by atoms with Gasteiger partial charge < -0.3 is 19.5 Å². The third-order valence-electron chi connectivity index (χ3n) is 4.78. The molecule has 0 radical (unpaired) electrons. The van der Waals surface area contributed by atoms with Crippen LogP contribution in [0.15, 0.2) is 67.0 Å². The van der Waals surface area contributed by atoms with Gasteiger partial charge in [-0.1, -0.05) is 18.7 Å². The van der Waals surface area contributed by atoms with Crippen LogP contribution in [0, 0.1) is 0 Å². The number of aliphatic hydroxyl groups is 1. The number of hydrogen-bond acceptors (Lipinski definition) is 6. The molecule has 3 rings (SSSR count). The van der Waals surface area contributed by atoms with Crippen molar-refractivity contribution >= 4 is 17.4 Å². The lowest BCUT2D eigenvalue weighted by Crippen LogP contribution is -2.31. The molecule has 1 aromatic carbocycles. The maximum Gasteiger partial charge on any atom is 0.295 e. The number of nitrogens with zero attached hydrogens (tertiary/aromatic N) is 2. The lowest BCUT2D eigenvalue weighted by atomic mass is 9.96. The molecule has 1 fully saturated rings. The van der Waals surface area contributed by atoms with Gasteiger partial charge in [0.1, 0.15) is 18.1 Å². The van der Waals surface area contributed by atoms with Crippen LogP contribution in [-0.4, -0.2) is 53.5 Å². The molecule has 2 heterocycles. The number of Topliss-reactive ketones (excluding diaryl/α,β-unsaturated/α-hetero) is 1. The van der Waals surface area contributed by atoms with Gasteiger partial charge in [-0.15, -0.1) is 0 Å². The van der Waals surface area contributed by atoms with Gasteiger partial charge in [0.2, 0.25) is 0 Å². The van der Waals surface area contributed by atoms with Crippen molar-refractivity contribution in [1.29, 1.82) is 0 Å². The molecule has 1 saturated heterocycles. The molecule has 0 saturated carbocycles. The number of pyridine rings is 1. The predicted molar refractivity (Wildman–Crippen MR) is 112 cm³/mol. The molecular formula is C23H24N2O5. The zero-order valence-electron chi connectivity index (χ0n) is 16.8. The summed E-state index contributed by atoms with van der Waals surface area (Å²) in [5.41, 5.74) is 1.12. The minimum Gasteiger partial charge on any atom is -0.507 e. The highest BCUT2D eigenvalue weighted by molar-refractivity contribution is 6.46. The maximum absolute atomic E-state index is 12.9. The fourth-order valence-electron chi connectivity index (χ4n) is 3.39. The SMILES string of the molecule is C=CCOc1ccc(C(O)=C2C(=O)C(=O)N(CCCOC)C2c2cccnc2)cc1. The number of hydrogen-bond donors (Lipinski definition) is 1. The average Bonchev–Trinajstić information content (AvgIpc) is 3.03. The van der Waals surface area contributed by atoms with Crippen molar-refractivity contribution < 1.29 is 24.2 Å². The first-order chi connectivity index (χ1) is 14.6. The summed E-state index contributed by atoms with van der Waals surface area (Å²) in [4.78, 5) is 31.2. The quantitative estimate of drug-likeness (QED) is 0.225. The molecule has 30 heavy (non-hydrogen) atoms. The standard InChI is InChI=1S/C23H24N2O5/c1-3-13-30-18-9-7-16(8-10-18)21(26)19-20(17-6-4-11-24-15-17)25(12-5-14-29-2)23(28)22(19)27/h3-4,6-11,15,20,26H,1,5,12-14H2,2H3. The molecule has 1 unspecified atom stereocenters. The van der Waals surface area contributed by atoms with Gasteiger partial charge in [0.25, 0.3) is 11.7 Å². The second kappa shape index (κ2) is 9.84. The van der Waals surface area contributed by atoms with Crippen LogP contribution in [0.5, 0.6) is 5.75 Å². The highest BCUT2D eigenvalue weighted by atomic mass is 16.5. The Bertz CT molecular complexity index is 938. The third kappa shape index (κ3) is 4.41. The molecule has 1 N–H and O–H groups in total. The molecule has 0 aliphatic carbocycles. The summed E-state index contributed by atoms with van der Waals surface area (Å²) in [5.74, 6) is -0.986. The molecule has 1 aliphatic rings. The molecule has 156 valence electrons. The van der Waals surface area contributed by atoms with Crippen molar-refractivity contribution in [3.8, 4) is 5.75 Å². The van der Waals surface area contributed by atoms with Crippen molar-refractivity contribution in [2.45, 2.75) is 12.5 Å². The molecular weight excluding hydrogens is 384 g/mol. The summed E-state index contributed by atoms with van der Waals surface area (Å²) in [6.45, 7) is 4.74. The lowest BCUT2D eigenvalue weighted by Gasteiger charge is -2.25. The molecule has 7 heteroatoms. The van der Waals surface area contributed by atoms with Gasteiger partial charge in [0.15, 0.2) is 0 Å². The largest absolute Gasteiger partial charge is 0.507 e. The van der Waals surface area contributed by atoms with E-state index in [2.05, 4.69) is 11.6 Å². The van der Waals surface area contributed by atoms with E-state index in [-0.39, 0.29) is 11.3 Å². The van der Waals surface area contributed by atoms with Gasteiger partial charge in [0, 0.05) is 38.2 Å². The van der Waals surface area contributed by atoms with Crippen LogP contribution in [0.2, 0.25) is 0 Å². The molecule has 2 aromatic rings. The number of methoxy groups -OCH3 is 1. The van der Waals surface area contributed by atoms with E-state index < -0.39 is 17.7 Å². The summed E-state index contributed by atoms with van der Waals surface area (Å²) in [6, 6.07) is 9.47. The number of ketones is 1. The smallest absolute Gasteiger partial charge is 0.295 e. The van der Waals surface area contributed by atoms with E-state index in [1.54, 1.807) is 62.0 Å². The van der Waals surface area contributed by atoms with E-state index in [0.29, 0.717) is 43.1 Å². The van der Waals surface area contributed by atoms with E-state index in [4.69, 9.17) is 9.47 Å². The summed E-state index contributed by atoms with van der Waals surface area (Å²) >= 11 is 0. The summed E-state index contributed by atoms with van der Waals surface area (Å²) < 4.78 is 10.5. The fraction of sp³-hybridized carbons (Fsp3) is 0.261. The van der Waals surface area contributed by atoms with Crippen LogP contribution >= 0.6 is 0 Å². The van der Waals surface area contributed by atoms with E-state index in [0.717, 1.165) is 0 Å². The summed E-state index contributed by atoms with van der Waals surface area (Å²) in [5, 5.41) is 11.0. The van der Waals surface area contributed by atoms with E-state index in [1.807, 2.05) is 0 Å². The first-order valence-corrected chi connectivity index (χ1v) is 9.60.